The van der Waals surface area contributed by atoms with E-state index in [-0.39, 0.29) is 11.9 Å². The first-order chi connectivity index (χ1) is 10.2. The molecule has 3 aromatic rings. The number of hydrogen-bond acceptors (Lipinski definition) is 4. The van der Waals surface area contributed by atoms with Gasteiger partial charge in [0.25, 0.3) is 0 Å². The molecule has 1 atom stereocenters. The molecule has 21 heavy (non-hydrogen) atoms. The Morgan fingerprint density at radius 1 is 1.48 bits per heavy atom. The molecule has 6 heteroatoms. The van der Waals surface area contributed by atoms with Crippen LogP contribution < -0.4 is 10.1 Å². The third kappa shape index (κ3) is 2.77. The van der Waals surface area contributed by atoms with E-state index in [0.29, 0.717) is 12.4 Å². The van der Waals surface area contributed by atoms with Gasteiger partial charge in [0.2, 0.25) is 5.88 Å². The number of benzene rings is 1. The summed E-state index contributed by atoms with van der Waals surface area (Å²) in [6.45, 7) is 2.60. The van der Waals surface area contributed by atoms with E-state index in [2.05, 4.69) is 10.3 Å². The second-order valence-electron chi connectivity index (χ2n) is 4.78. The quantitative estimate of drug-likeness (QED) is 0.785. The average Bonchev–Trinajstić information content (AvgIpc) is 3.05. The van der Waals surface area contributed by atoms with Crippen molar-refractivity contribution in [3.8, 4) is 5.88 Å². The van der Waals surface area contributed by atoms with Crippen LogP contribution in [-0.4, -0.2) is 16.5 Å². The average molecular weight is 305 g/mol. The predicted molar refractivity (Wildman–Crippen MR) is 81.3 cm³/mol. The van der Waals surface area contributed by atoms with Gasteiger partial charge in [0.05, 0.1) is 7.11 Å². The minimum absolute atomic E-state index is 0.0367. The van der Waals surface area contributed by atoms with E-state index in [1.165, 1.54) is 6.07 Å². The smallest absolute Gasteiger partial charge is 0.237 e. The van der Waals surface area contributed by atoms with E-state index in [1.807, 2.05) is 29.0 Å². The van der Waals surface area contributed by atoms with Crippen molar-refractivity contribution in [2.45, 2.75) is 19.5 Å². The Hall–Kier alpha value is -1.92. The van der Waals surface area contributed by atoms with E-state index in [9.17, 15) is 4.39 Å². The molecule has 0 aliphatic carbocycles. The Morgan fingerprint density at radius 2 is 2.33 bits per heavy atom. The summed E-state index contributed by atoms with van der Waals surface area (Å²) in [7, 11) is 1.62. The topological polar surface area (TPSA) is 38.6 Å². The number of ether oxygens (including phenoxy) is 1. The lowest BCUT2D eigenvalue weighted by Crippen LogP contribution is -2.19. The molecule has 0 aliphatic heterocycles. The van der Waals surface area contributed by atoms with E-state index >= 15 is 0 Å². The second kappa shape index (κ2) is 5.83. The second-order valence-corrected chi connectivity index (χ2v) is 5.65. The molecule has 3 rings (SSSR count). The summed E-state index contributed by atoms with van der Waals surface area (Å²) in [6.07, 6.45) is 1.97. The molecule has 0 bridgehead atoms. The minimum atomic E-state index is -0.219. The first-order valence-corrected chi connectivity index (χ1v) is 7.54. The fraction of sp³-hybridized carbons (Fsp3) is 0.267. The maximum absolute atomic E-state index is 13.3. The Morgan fingerprint density at radius 3 is 3.10 bits per heavy atom. The molecule has 1 N–H and O–H groups in total. The Bertz CT molecular complexity index is 752. The number of halogens is 1. The van der Waals surface area contributed by atoms with Crippen LogP contribution in [0.3, 0.4) is 0 Å². The maximum Gasteiger partial charge on any atom is 0.237 e. The number of thiazole rings is 1. The number of aromatic nitrogens is 2. The summed E-state index contributed by atoms with van der Waals surface area (Å²) in [5.41, 5.74) is 1.89. The van der Waals surface area contributed by atoms with Crippen molar-refractivity contribution in [3.05, 3.63) is 52.9 Å². The summed E-state index contributed by atoms with van der Waals surface area (Å²) >= 11 is 1.56. The van der Waals surface area contributed by atoms with Crippen LogP contribution in [-0.2, 0) is 6.54 Å². The number of fused-ring (bicyclic) bond motifs is 1. The van der Waals surface area contributed by atoms with Crippen molar-refractivity contribution in [2.24, 2.45) is 0 Å². The molecule has 0 fully saturated rings. The molecular weight excluding hydrogens is 289 g/mol. The van der Waals surface area contributed by atoms with Crippen LogP contribution in [0.1, 0.15) is 24.2 Å². The summed E-state index contributed by atoms with van der Waals surface area (Å²) in [5.74, 6) is 0.407. The number of hydrogen-bond donors (Lipinski definition) is 1. The highest BCUT2D eigenvalue weighted by atomic mass is 32.1. The van der Waals surface area contributed by atoms with Gasteiger partial charge in [-0.3, -0.25) is 4.40 Å². The molecular formula is C15H16FN3OS. The Balaban J connectivity index is 1.78. The van der Waals surface area contributed by atoms with Crippen molar-refractivity contribution in [1.29, 1.82) is 0 Å². The fourth-order valence-electron chi connectivity index (χ4n) is 2.28. The van der Waals surface area contributed by atoms with Crippen molar-refractivity contribution >= 4 is 16.3 Å². The number of nitrogens with zero attached hydrogens (tertiary/aromatic N) is 2. The molecule has 0 spiro atoms. The van der Waals surface area contributed by atoms with Crippen LogP contribution in [0.25, 0.3) is 4.96 Å². The van der Waals surface area contributed by atoms with E-state index in [1.54, 1.807) is 30.6 Å². The molecule has 0 aliphatic rings. The first kappa shape index (κ1) is 14.0. The fourth-order valence-corrected chi connectivity index (χ4v) is 3.01. The van der Waals surface area contributed by atoms with Gasteiger partial charge in [-0.25, -0.2) is 4.39 Å². The third-order valence-electron chi connectivity index (χ3n) is 3.44. The lowest BCUT2D eigenvalue weighted by Gasteiger charge is -2.14. The lowest BCUT2D eigenvalue weighted by molar-refractivity contribution is 0.391. The third-order valence-corrected chi connectivity index (χ3v) is 4.20. The molecule has 0 saturated carbocycles. The van der Waals surface area contributed by atoms with Crippen molar-refractivity contribution in [2.75, 3.05) is 7.11 Å². The number of methoxy groups -OCH3 is 1. The minimum Gasteiger partial charge on any atom is -0.480 e. The molecule has 0 amide bonds. The van der Waals surface area contributed by atoms with Gasteiger partial charge in [-0.15, -0.1) is 11.3 Å². The van der Waals surface area contributed by atoms with Crippen molar-refractivity contribution < 1.29 is 9.13 Å². The van der Waals surface area contributed by atoms with Crippen LogP contribution in [0.15, 0.2) is 35.8 Å². The summed E-state index contributed by atoms with van der Waals surface area (Å²) in [6, 6.07) is 6.67. The van der Waals surface area contributed by atoms with Crippen molar-refractivity contribution in [3.63, 3.8) is 0 Å². The summed E-state index contributed by atoms with van der Waals surface area (Å²) in [4.78, 5) is 5.32. The standard InChI is InChI=1S/C15H16FN3OS/c1-10(11-4-3-5-12(16)8-11)17-9-13-14(20-2)18-15-19(13)6-7-21-15/h3-8,10,17H,9H2,1-2H3/t10-/m1/s1. The van der Waals surface area contributed by atoms with Crippen molar-refractivity contribution in [1.82, 2.24) is 14.7 Å². The van der Waals surface area contributed by atoms with Crippen LogP contribution >= 0.6 is 11.3 Å². The first-order valence-electron chi connectivity index (χ1n) is 6.66. The van der Waals surface area contributed by atoms with Gasteiger partial charge in [0.15, 0.2) is 4.96 Å². The highest BCUT2D eigenvalue weighted by molar-refractivity contribution is 7.15. The predicted octanol–water partition coefficient (Wildman–Crippen LogP) is 3.39. The van der Waals surface area contributed by atoms with Gasteiger partial charge in [-0.1, -0.05) is 12.1 Å². The molecule has 2 aromatic heterocycles. The SMILES string of the molecule is COc1nc2sccn2c1CN[C@H](C)c1cccc(F)c1. The largest absolute Gasteiger partial charge is 0.480 e. The van der Waals surface area contributed by atoms with Crippen LogP contribution in [0.2, 0.25) is 0 Å². The van der Waals surface area contributed by atoms with Gasteiger partial charge < -0.3 is 10.1 Å². The van der Waals surface area contributed by atoms with Crippen LogP contribution in [0.4, 0.5) is 4.39 Å². The summed E-state index contributed by atoms with van der Waals surface area (Å²) in [5, 5.41) is 5.37. The highest BCUT2D eigenvalue weighted by Crippen LogP contribution is 2.24. The van der Waals surface area contributed by atoms with E-state index < -0.39 is 0 Å². The van der Waals surface area contributed by atoms with Gasteiger partial charge in [-0.05, 0) is 24.6 Å². The number of rotatable bonds is 5. The maximum atomic E-state index is 13.3. The number of imidazole rings is 1. The molecule has 1 aromatic carbocycles. The van der Waals surface area contributed by atoms with Crippen LogP contribution in [0.5, 0.6) is 5.88 Å². The molecule has 0 unspecified atom stereocenters. The lowest BCUT2D eigenvalue weighted by atomic mass is 10.1. The monoisotopic (exact) mass is 305 g/mol. The summed E-state index contributed by atoms with van der Waals surface area (Å²) < 4.78 is 20.6. The van der Waals surface area contributed by atoms with Gasteiger partial charge in [-0.2, -0.15) is 4.98 Å². The number of nitrogens with one attached hydrogen (secondary N) is 1. The molecule has 110 valence electrons. The molecule has 0 radical (unpaired) electrons. The van der Waals surface area contributed by atoms with Gasteiger partial charge >= 0.3 is 0 Å². The van der Waals surface area contributed by atoms with Gasteiger partial charge in [0, 0.05) is 24.2 Å². The zero-order chi connectivity index (χ0) is 14.8. The van der Waals surface area contributed by atoms with Gasteiger partial charge in [0.1, 0.15) is 11.5 Å². The van der Waals surface area contributed by atoms with Crippen LogP contribution in [0, 0.1) is 5.82 Å². The molecule has 0 saturated heterocycles. The zero-order valence-corrected chi connectivity index (χ0v) is 12.7. The molecule has 4 nitrogen and oxygen atoms in total. The Labute approximate surface area is 126 Å². The Kier molecular flexibility index (Phi) is 3.90. The van der Waals surface area contributed by atoms with E-state index in [4.69, 9.17) is 4.74 Å². The molecule has 2 heterocycles. The normalized spacial score (nSPS) is 12.7. The highest BCUT2D eigenvalue weighted by Gasteiger charge is 2.15. The zero-order valence-electron chi connectivity index (χ0n) is 11.8. The van der Waals surface area contributed by atoms with E-state index in [0.717, 1.165) is 16.2 Å².